The van der Waals surface area contributed by atoms with E-state index in [0.717, 1.165) is 20.0 Å². The maximum Gasteiger partial charge on any atom is 0.256 e. The van der Waals surface area contributed by atoms with Crippen molar-refractivity contribution in [1.82, 2.24) is 4.98 Å². The van der Waals surface area contributed by atoms with Crippen molar-refractivity contribution in [3.05, 3.63) is 73.1 Å². The minimum atomic E-state index is -0.166. The van der Waals surface area contributed by atoms with Crippen LogP contribution in [0.5, 0.6) is 0 Å². The number of hydrogen-bond acceptors (Lipinski definition) is 2. The van der Waals surface area contributed by atoms with Crippen molar-refractivity contribution < 1.29 is 4.79 Å². The second kappa shape index (κ2) is 6.16. The molecule has 3 rings (SSSR count). The zero-order valence-electron chi connectivity index (χ0n) is 12.7. The molecule has 0 spiro atoms. The van der Waals surface area contributed by atoms with Gasteiger partial charge in [-0.1, -0.05) is 18.2 Å². The number of benzene rings is 2. The van der Waals surface area contributed by atoms with Gasteiger partial charge in [0.1, 0.15) is 0 Å². The Bertz CT molecular complexity index is 976. The first kappa shape index (κ1) is 15.7. The molecule has 0 unspecified atom stereocenters. The van der Waals surface area contributed by atoms with E-state index in [1.165, 1.54) is 0 Å². The Labute approximate surface area is 147 Å². The average molecular weight is 418 g/mol. The predicted molar refractivity (Wildman–Crippen MR) is 101 cm³/mol. The van der Waals surface area contributed by atoms with Crippen LogP contribution in [0.2, 0.25) is 0 Å². The summed E-state index contributed by atoms with van der Waals surface area (Å²) in [6.45, 7) is 3.73. The van der Waals surface area contributed by atoms with Gasteiger partial charge in [0.05, 0.1) is 11.1 Å². The second-order valence-corrected chi connectivity index (χ2v) is 6.56. The van der Waals surface area contributed by atoms with Gasteiger partial charge in [-0.2, -0.15) is 0 Å². The molecule has 0 saturated carbocycles. The van der Waals surface area contributed by atoms with Crippen molar-refractivity contribution >= 4 is 45.1 Å². The van der Waals surface area contributed by atoms with Crippen molar-refractivity contribution in [2.24, 2.45) is 0 Å². The summed E-state index contributed by atoms with van der Waals surface area (Å²) >= 11 is 2.14. The highest BCUT2D eigenvalue weighted by molar-refractivity contribution is 14.1. The summed E-state index contributed by atoms with van der Waals surface area (Å²) in [6.07, 6.45) is 0. The molecular formula is C18H15IN2O2. The van der Waals surface area contributed by atoms with E-state index in [-0.39, 0.29) is 11.5 Å². The molecule has 1 aromatic heterocycles. The topological polar surface area (TPSA) is 62.0 Å². The minimum Gasteiger partial charge on any atom is -0.322 e. The van der Waals surface area contributed by atoms with Crippen LogP contribution in [-0.4, -0.2) is 10.9 Å². The van der Waals surface area contributed by atoms with Crippen molar-refractivity contribution in [3.63, 3.8) is 0 Å². The Morgan fingerprint density at radius 3 is 2.57 bits per heavy atom. The molecule has 0 bridgehead atoms. The molecule has 2 aromatic carbocycles. The molecule has 0 aliphatic carbocycles. The van der Waals surface area contributed by atoms with Gasteiger partial charge in [0.25, 0.3) is 11.5 Å². The lowest BCUT2D eigenvalue weighted by atomic mass is 10.1. The van der Waals surface area contributed by atoms with Crippen molar-refractivity contribution in [2.75, 3.05) is 5.32 Å². The fourth-order valence-electron chi connectivity index (χ4n) is 2.48. The van der Waals surface area contributed by atoms with Crippen LogP contribution in [0.1, 0.15) is 21.5 Å². The number of carbonyl (C=O) groups is 1. The third kappa shape index (κ3) is 3.01. The number of carbonyl (C=O) groups excluding carboxylic acids is 1. The van der Waals surface area contributed by atoms with Crippen LogP contribution in [0.15, 0.2) is 47.3 Å². The molecule has 1 heterocycles. The van der Waals surface area contributed by atoms with Crippen molar-refractivity contribution in [3.8, 4) is 0 Å². The molecular weight excluding hydrogens is 403 g/mol. The van der Waals surface area contributed by atoms with Crippen LogP contribution >= 0.6 is 22.6 Å². The zero-order valence-corrected chi connectivity index (χ0v) is 14.9. The molecule has 3 aromatic rings. The number of amides is 1. The standard InChI is InChI=1S/C18H15IN2O2/c1-10-11(2)17(22)21-16-9-12(7-8-13(10)16)20-18(23)14-5-3-4-6-15(14)19/h3-9H,1-2H3,(H,20,23)(H,21,22). The number of rotatable bonds is 2. The molecule has 116 valence electrons. The predicted octanol–water partition coefficient (Wildman–Crippen LogP) is 4.00. The summed E-state index contributed by atoms with van der Waals surface area (Å²) < 4.78 is 0.892. The Kier molecular flexibility index (Phi) is 4.21. The molecule has 4 nitrogen and oxygen atoms in total. The Hall–Kier alpha value is -2.15. The zero-order chi connectivity index (χ0) is 16.6. The smallest absolute Gasteiger partial charge is 0.256 e. The SMILES string of the molecule is Cc1c(C)c2ccc(NC(=O)c3ccccc3I)cc2[nH]c1=O. The van der Waals surface area contributed by atoms with Crippen molar-refractivity contribution in [1.29, 1.82) is 0 Å². The van der Waals surface area contributed by atoms with Gasteiger partial charge in [-0.15, -0.1) is 0 Å². The van der Waals surface area contributed by atoms with Crippen LogP contribution in [0.4, 0.5) is 5.69 Å². The van der Waals surface area contributed by atoms with Gasteiger partial charge in [-0.3, -0.25) is 9.59 Å². The van der Waals surface area contributed by atoms with E-state index < -0.39 is 0 Å². The van der Waals surface area contributed by atoms with Crippen LogP contribution in [-0.2, 0) is 0 Å². The van der Waals surface area contributed by atoms with Crippen LogP contribution < -0.4 is 10.9 Å². The van der Waals surface area contributed by atoms with Gasteiger partial charge in [-0.25, -0.2) is 0 Å². The van der Waals surface area contributed by atoms with Gasteiger partial charge in [-0.05, 0) is 66.3 Å². The van der Waals surface area contributed by atoms with Gasteiger partial charge < -0.3 is 10.3 Å². The van der Waals surface area contributed by atoms with Crippen LogP contribution in [0.3, 0.4) is 0 Å². The van der Waals surface area contributed by atoms with Gasteiger partial charge in [0, 0.05) is 20.2 Å². The number of pyridine rings is 1. The molecule has 0 radical (unpaired) electrons. The average Bonchev–Trinajstić information content (AvgIpc) is 2.53. The van der Waals surface area contributed by atoms with E-state index >= 15 is 0 Å². The summed E-state index contributed by atoms with van der Waals surface area (Å²) in [6, 6.07) is 13.0. The minimum absolute atomic E-state index is 0.101. The number of hydrogen-bond donors (Lipinski definition) is 2. The summed E-state index contributed by atoms with van der Waals surface area (Å²) in [4.78, 5) is 27.1. The molecule has 0 fully saturated rings. The summed E-state index contributed by atoms with van der Waals surface area (Å²) in [7, 11) is 0. The molecule has 0 atom stereocenters. The van der Waals surface area contributed by atoms with Crippen molar-refractivity contribution in [2.45, 2.75) is 13.8 Å². The fourth-order valence-corrected chi connectivity index (χ4v) is 3.12. The molecule has 1 amide bonds. The number of aromatic amines is 1. The highest BCUT2D eigenvalue weighted by Gasteiger charge is 2.11. The fraction of sp³-hybridized carbons (Fsp3) is 0.111. The van der Waals surface area contributed by atoms with Crippen LogP contribution in [0.25, 0.3) is 10.9 Å². The number of aromatic nitrogens is 1. The first-order valence-corrected chi connectivity index (χ1v) is 8.24. The summed E-state index contributed by atoms with van der Waals surface area (Å²) in [5, 5.41) is 3.86. The summed E-state index contributed by atoms with van der Waals surface area (Å²) in [5.74, 6) is -0.166. The number of halogens is 1. The third-order valence-corrected chi connectivity index (χ3v) is 4.89. The number of nitrogens with one attached hydrogen (secondary N) is 2. The van der Waals surface area contributed by atoms with E-state index in [0.29, 0.717) is 16.8 Å². The highest BCUT2D eigenvalue weighted by Crippen LogP contribution is 2.22. The number of aryl methyl sites for hydroxylation is 1. The van der Waals surface area contributed by atoms with E-state index in [1.807, 2.05) is 37.3 Å². The maximum absolute atomic E-state index is 12.4. The molecule has 0 saturated heterocycles. The molecule has 2 N–H and O–H groups in total. The Morgan fingerprint density at radius 2 is 1.83 bits per heavy atom. The lowest BCUT2D eigenvalue weighted by Gasteiger charge is -2.10. The van der Waals surface area contributed by atoms with Crippen LogP contribution in [0, 0.1) is 17.4 Å². The normalized spacial score (nSPS) is 10.7. The van der Waals surface area contributed by atoms with Gasteiger partial charge >= 0.3 is 0 Å². The van der Waals surface area contributed by atoms with E-state index in [1.54, 1.807) is 19.1 Å². The van der Waals surface area contributed by atoms with E-state index in [9.17, 15) is 9.59 Å². The van der Waals surface area contributed by atoms with E-state index in [2.05, 4.69) is 32.9 Å². The third-order valence-electron chi connectivity index (χ3n) is 3.95. The Balaban J connectivity index is 1.99. The first-order chi connectivity index (χ1) is 11.0. The molecule has 0 aliphatic rings. The van der Waals surface area contributed by atoms with Gasteiger partial charge in [0.15, 0.2) is 0 Å². The second-order valence-electron chi connectivity index (χ2n) is 5.40. The monoisotopic (exact) mass is 418 g/mol. The number of fused-ring (bicyclic) bond motifs is 1. The van der Waals surface area contributed by atoms with E-state index in [4.69, 9.17) is 0 Å². The largest absolute Gasteiger partial charge is 0.322 e. The molecule has 0 aliphatic heterocycles. The maximum atomic E-state index is 12.4. The van der Waals surface area contributed by atoms with Gasteiger partial charge in [0.2, 0.25) is 0 Å². The lowest BCUT2D eigenvalue weighted by Crippen LogP contribution is -2.14. The number of anilines is 1. The first-order valence-electron chi connectivity index (χ1n) is 7.16. The molecule has 5 heteroatoms. The molecule has 23 heavy (non-hydrogen) atoms. The highest BCUT2D eigenvalue weighted by atomic mass is 127. The Morgan fingerprint density at radius 1 is 1.09 bits per heavy atom. The summed E-state index contributed by atoms with van der Waals surface area (Å²) in [5.41, 5.74) is 3.57. The lowest BCUT2D eigenvalue weighted by molar-refractivity contribution is 0.102. The number of H-pyrrole nitrogens is 1. The quantitative estimate of drug-likeness (QED) is 0.618.